The molecule has 0 amide bonds. The zero-order valence-electron chi connectivity index (χ0n) is 14.5. The number of pyridine rings is 1. The summed E-state index contributed by atoms with van der Waals surface area (Å²) in [6, 6.07) is 9.87. The van der Waals surface area contributed by atoms with E-state index in [9.17, 15) is 0 Å². The quantitative estimate of drug-likeness (QED) is 0.704. The Balaban J connectivity index is 2.73. The molecule has 0 spiro atoms. The minimum Gasteiger partial charge on any atom is -0.201 e. The highest BCUT2D eigenvalue weighted by molar-refractivity contribution is 5.61. The molecule has 0 bridgehead atoms. The molecule has 0 fully saturated rings. The summed E-state index contributed by atoms with van der Waals surface area (Å²) in [5.41, 5.74) is 4.48. The van der Waals surface area contributed by atoms with Gasteiger partial charge in [0.25, 0.3) is 0 Å². The van der Waals surface area contributed by atoms with E-state index in [0.29, 0.717) is 5.56 Å². The van der Waals surface area contributed by atoms with Crippen LogP contribution in [0.1, 0.15) is 40.6 Å². The van der Waals surface area contributed by atoms with Gasteiger partial charge in [-0.2, -0.15) is 0 Å². The van der Waals surface area contributed by atoms with Gasteiger partial charge in [-0.3, -0.25) is 0 Å². The van der Waals surface area contributed by atoms with Crippen molar-refractivity contribution in [3.8, 4) is 11.3 Å². The highest BCUT2D eigenvalue weighted by Gasteiger charge is 2.16. The lowest BCUT2D eigenvalue weighted by molar-refractivity contribution is -0.660. The second-order valence-electron chi connectivity index (χ2n) is 5.11. The number of aryl methyl sites for hydroxylation is 3. The van der Waals surface area contributed by atoms with Crippen LogP contribution in [0.25, 0.3) is 11.3 Å². The van der Waals surface area contributed by atoms with Crippen molar-refractivity contribution >= 4 is 0 Å². The van der Waals surface area contributed by atoms with Crippen molar-refractivity contribution in [1.29, 1.82) is 0 Å². The van der Waals surface area contributed by atoms with Gasteiger partial charge < -0.3 is 0 Å². The van der Waals surface area contributed by atoms with Crippen molar-refractivity contribution in [3.63, 3.8) is 0 Å². The summed E-state index contributed by atoms with van der Waals surface area (Å²) in [5.74, 6) is 0.178. The van der Waals surface area contributed by atoms with Gasteiger partial charge in [-0.15, -0.1) is 0 Å². The molecule has 0 atom stereocenters. The Kier molecular flexibility index (Phi) is 2.55. The van der Waals surface area contributed by atoms with Gasteiger partial charge in [-0.1, -0.05) is 32.0 Å². The van der Waals surface area contributed by atoms with Crippen LogP contribution < -0.4 is 4.57 Å². The monoisotopic (exact) mass is 243 g/mol. The molecule has 0 radical (unpaired) electrons. The van der Waals surface area contributed by atoms with Gasteiger partial charge in [0, 0.05) is 21.3 Å². The van der Waals surface area contributed by atoms with Gasteiger partial charge in [0.2, 0.25) is 5.69 Å². The van der Waals surface area contributed by atoms with E-state index >= 15 is 0 Å². The molecular weight excluding hydrogens is 218 g/mol. The normalized spacial score (nSPS) is 14.2. The number of nitrogens with zero attached hydrogens (tertiary/aromatic N) is 1. The van der Waals surface area contributed by atoms with Crippen molar-refractivity contribution in [2.45, 2.75) is 33.5 Å². The topological polar surface area (TPSA) is 3.88 Å². The maximum atomic E-state index is 7.81. The second kappa shape index (κ2) is 4.93. The van der Waals surface area contributed by atoms with Gasteiger partial charge in [-0.25, -0.2) is 4.57 Å². The van der Waals surface area contributed by atoms with E-state index in [1.165, 1.54) is 0 Å². The molecule has 1 nitrogen and oxygen atoms in total. The number of hydrogen-bond donors (Lipinski definition) is 0. The van der Waals surface area contributed by atoms with Crippen LogP contribution in [-0.4, -0.2) is 0 Å². The number of hydrogen-bond acceptors (Lipinski definition) is 0. The summed E-state index contributed by atoms with van der Waals surface area (Å²) in [6.45, 7) is 4.00. The van der Waals surface area contributed by atoms with Crippen molar-refractivity contribution in [2.75, 3.05) is 0 Å². The summed E-state index contributed by atoms with van der Waals surface area (Å²) >= 11 is 0. The minimum absolute atomic E-state index is 0.178. The third kappa shape index (κ3) is 2.31. The molecule has 2 rings (SSSR count). The lowest BCUT2D eigenvalue weighted by Gasteiger charge is -2.11. The first-order chi connectivity index (χ1) is 9.71. The average Bonchev–Trinajstić information content (AvgIpc) is 2.38. The molecule has 0 saturated heterocycles. The molecule has 1 aromatic heterocycles. The summed E-state index contributed by atoms with van der Waals surface area (Å²) in [5, 5.41) is 0. The van der Waals surface area contributed by atoms with E-state index in [2.05, 4.69) is 0 Å². The summed E-state index contributed by atoms with van der Waals surface area (Å²) in [4.78, 5) is 0. The molecule has 0 N–H and O–H groups in total. The smallest absolute Gasteiger partial charge is 0.201 e. The number of benzene rings is 1. The standard InChI is InChI=1S/C17H22N/c1-12(2)16-11-18(5)17(10-14(16)4)15-9-7-6-8-13(15)3/h6-12H,1-5H3/q+1/i4D3. The Morgan fingerprint density at radius 2 is 1.89 bits per heavy atom. The summed E-state index contributed by atoms with van der Waals surface area (Å²) < 4.78 is 25.5. The van der Waals surface area contributed by atoms with Gasteiger partial charge in [0.05, 0.1) is 0 Å². The van der Waals surface area contributed by atoms with Gasteiger partial charge in [0.15, 0.2) is 6.20 Å². The van der Waals surface area contributed by atoms with Crippen LogP contribution in [0.15, 0.2) is 36.5 Å². The lowest BCUT2D eigenvalue weighted by atomic mass is 9.97. The predicted octanol–water partition coefficient (Wildman–Crippen LogP) is 3.92. The fourth-order valence-electron chi connectivity index (χ4n) is 2.26. The molecule has 0 aliphatic heterocycles. The Bertz CT molecular complexity index is 658. The van der Waals surface area contributed by atoms with Crippen LogP contribution in [0.5, 0.6) is 0 Å². The summed E-state index contributed by atoms with van der Waals surface area (Å²) in [7, 11) is 1.97. The van der Waals surface area contributed by atoms with Crippen LogP contribution in [0.4, 0.5) is 0 Å². The van der Waals surface area contributed by atoms with E-state index in [0.717, 1.165) is 22.4 Å². The average molecular weight is 243 g/mol. The first-order valence-electron chi connectivity index (χ1n) is 7.82. The molecule has 94 valence electrons. The van der Waals surface area contributed by atoms with Crippen molar-refractivity contribution < 1.29 is 8.68 Å². The van der Waals surface area contributed by atoms with Gasteiger partial charge in [0.1, 0.15) is 7.05 Å². The molecule has 2 aromatic rings. The fourth-order valence-corrected chi connectivity index (χ4v) is 2.26. The first kappa shape index (κ1) is 9.32. The van der Waals surface area contributed by atoms with E-state index in [-0.39, 0.29) is 5.92 Å². The highest BCUT2D eigenvalue weighted by atomic mass is 14.9. The Labute approximate surface area is 114 Å². The van der Waals surface area contributed by atoms with Crippen molar-refractivity contribution in [1.82, 2.24) is 0 Å². The molecule has 0 aliphatic carbocycles. The van der Waals surface area contributed by atoms with Gasteiger partial charge >= 0.3 is 0 Å². The third-order valence-corrected chi connectivity index (χ3v) is 3.35. The Morgan fingerprint density at radius 3 is 2.50 bits per heavy atom. The van der Waals surface area contributed by atoms with E-state index in [4.69, 9.17) is 4.11 Å². The third-order valence-electron chi connectivity index (χ3n) is 3.35. The number of aromatic nitrogens is 1. The van der Waals surface area contributed by atoms with Crippen LogP contribution in [0.2, 0.25) is 0 Å². The highest BCUT2D eigenvalue weighted by Crippen LogP contribution is 2.24. The van der Waals surface area contributed by atoms with Crippen molar-refractivity contribution in [2.24, 2.45) is 7.05 Å². The molecule has 18 heavy (non-hydrogen) atoms. The van der Waals surface area contributed by atoms with E-state index in [1.54, 1.807) is 0 Å². The van der Waals surface area contributed by atoms with Crippen LogP contribution >= 0.6 is 0 Å². The van der Waals surface area contributed by atoms with E-state index < -0.39 is 6.85 Å². The number of rotatable bonds is 2. The van der Waals surface area contributed by atoms with Crippen molar-refractivity contribution in [3.05, 3.63) is 53.2 Å². The van der Waals surface area contributed by atoms with Gasteiger partial charge in [-0.05, 0) is 36.9 Å². The predicted molar refractivity (Wildman–Crippen MR) is 76.6 cm³/mol. The molecule has 1 aromatic carbocycles. The second-order valence-corrected chi connectivity index (χ2v) is 5.11. The molecule has 1 heterocycles. The Hall–Kier alpha value is -1.63. The van der Waals surface area contributed by atoms with Crippen LogP contribution in [0.3, 0.4) is 0 Å². The minimum atomic E-state index is -2.09. The lowest BCUT2D eigenvalue weighted by Crippen LogP contribution is -2.32. The maximum Gasteiger partial charge on any atom is 0.212 e. The largest absolute Gasteiger partial charge is 0.212 e. The zero-order valence-corrected chi connectivity index (χ0v) is 11.5. The SMILES string of the molecule is [2H]C([2H])([2H])c1cc(-c2ccccc2C)[n+](C)cc1C(C)C. The van der Waals surface area contributed by atoms with Crippen LogP contribution in [0, 0.1) is 13.8 Å². The van der Waals surface area contributed by atoms with Crippen LogP contribution in [-0.2, 0) is 7.05 Å². The first-order valence-corrected chi connectivity index (χ1v) is 6.32. The fraction of sp³-hybridized carbons (Fsp3) is 0.353. The Morgan fingerprint density at radius 1 is 1.17 bits per heavy atom. The summed E-state index contributed by atoms with van der Waals surface area (Å²) in [6.07, 6.45) is 1.95. The maximum absolute atomic E-state index is 7.81. The molecule has 0 saturated carbocycles. The molecular formula is C17H22N+. The molecule has 1 heteroatoms. The molecule has 0 unspecified atom stereocenters. The zero-order chi connectivity index (χ0) is 15.8. The van der Waals surface area contributed by atoms with E-state index in [1.807, 2.05) is 68.9 Å². The molecule has 0 aliphatic rings.